The Bertz CT molecular complexity index is 980. The molecule has 0 aliphatic rings. The van der Waals surface area contributed by atoms with Gasteiger partial charge in [-0.05, 0) is 43.3 Å². The predicted molar refractivity (Wildman–Crippen MR) is 101 cm³/mol. The molecule has 1 amide bonds. The van der Waals surface area contributed by atoms with Crippen LogP contribution in [0.5, 0.6) is 0 Å². The number of rotatable bonds is 6. The fraction of sp³-hybridized carbons (Fsp3) is 0.100. The number of hydrogen-bond donors (Lipinski definition) is 3. The van der Waals surface area contributed by atoms with Gasteiger partial charge in [-0.3, -0.25) is 4.79 Å². The molecular weight excluding hydrogens is 362 g/mol. The maximum Gasteiger partial charge on any atom is 0.338 e. The monoisotopic (exact) mass is 379 g/mol. The third-order valence-electron chi connectivity index (χ3n) is 3.94. The number of hydrogen-bond acceptors (Lipinski definition) is 5. The highest BCUT2D eigenvalue weighted by atomic mass is 16.5. The summed E-state index contributed by atoms with van der Waals surface area (Å²) in [7, 11) is 0. The van der Waals surface area contributed by atoms with Crippen LogP contribution < -0.4 is 5.32 Å². The van der Waals surface area contributed by atoms with E-state index >= 15 is 0 Å². The number of esters is 1. The number of H-pyrrole nitrogens is 1. The summed E-state index contributed by atoms with van der Waals surface area (Å²) in [5.41, 5.74) is 1.63. The van der Waals surface area contributed by atoms with Crippen molar-refractivity contribution in [2.75, 3.05) is 5.32 Å². The first-order valence-electron chi connectivity index (χ1n) is 8.39. The molecular formula is C20H17N3O5. The van der Waals surface area contributed by atoms with E-state index in [1.54, 1.807) is 36.7 Å². The Hall–Kier alpha value is -3.94. The fourth-order valence-electron chi connectivity index (χ4n) is 2.41. The van der Waals surface area contributed by atoms with Crippen LogP contribution in [0.3, 0.4) is 0 Å². The third-order valence-corrected chi connectivity index (χ3v) is 3.94. The molecule has 0 saturated carbocycles. The lowest BCUT2D eigenvalue weighted by Gasteiger charge is -2.14. The molecule has 142 valence electrons. The summed E-state index contributed by atoms with van der Waals surface area (Å²) >= 11 is 0. The Kier molecular flexibility index (Phi) is 5.50. The van der Waals surface area contributed by atoms with Crippen LogP contribution in [0.2, 0.25) is 0 Å². The number of nitrogens with one attached hydrogen (secondary N) is 2. The first-order valence-corrected chi connectivity index (χ1v) is 8.39. The second kappa shape index (κ2) is 8.17. The molecule has 1 heterocycles. The summed E-state index contributed by atoms with van der Waals surface area (Å²) in [5.74, 6) is -1.53. The smallest absolute Gasteiger partial charge is 0.338 e. The Labute approximate surface area is 160 Å². The Morgan fingerprint density at radius 2 is 1.68 bits per heavy atom. The van der Waals surface area contributed by atoms with Crippen molar-refractivity contribution in [1.29, 1.82) is 0 Å². The number of nitrogens with zero attached hydrogens (tertiary/aromatic N) is 1. The molecule has 1 unspecified atom stereocenters. The van der Waals surface area contributed by atoms with E-state index in [9.17, 15) is 14.4 Å². The Morgan fingerprint density at radius 3 is 2.25 bits per heavy atom. The van der Waals surface area contributed by atoms with E-state index in [0.29, 0.717) is 17.1 Å². The second-order valence-corrected chi connectivity index (χ2v) is 5.93. The zero-order valence-electron chi connectivity index (χ0n) is 14.9. The van der Waals surface area contributed by atoms with Gasteiger partial charge in [-0.25, -0.2) is 14.6 Å². The van der Waals surface area contributed by atoms with Gasteiger partial charge in [0.25, 0.3) is 5.91 Å². The lowest BCUT2D eigenvalue weighted by atomic mass is 10.1. The summed E-state index contributed by atoms with van der Waals surface area (Å²) in [6.45, 7) is 1.45. The van der Waals surface area contributed by atoms with Crippen molar-refractivity contribution in [3.8, 4) is 11.4 Å². The number of carboxylic acid groups (broad SMARTS) is 1. The van der Waals surface area contributed by atoms with Crippen LogP contribution in [0.4, 0.5) is 5.69 Å². The van der Waals surface area contributed by atoms with Crippen LogP contribution >= 0.6 is 0 Å². The molecule has 2 aromatic carbocycles. The molecule has 0 aliphatic heterocycles. The molecule has 1 atom stereocenters. The van der Waals surface area contributed by atoms with Crippen LogP contribution in [0.25, 0.3) is 11.4 Å². The first-order chi connectivity index (χ1) is 13.4. The normalized spacial score (nSPS) is 11.5. The molecule has 0 saturated heterocycles. The molecule has 1 aromatic heterocycles. The second-order valence-electron chi connectivity index (χ2n) is 5.93. The minimum atomic E-state index is -1.06. The minimum Gasteiger partial charge on any atom is -0.478 e. The average molecular weight is 379 g/mol. The molecule has 0 bridgehead atoms. The topological polar surface area (TPSA) is 121 Å². The molecule has 8 nitrogen and oxygen atoms in total. The van der Waals surface area contributed by atoms with Gasteiger partial charge < -0.3 is 20.1 Å². The number of amides is 1. The maximum atomic E-state index is 12.2. The number of benzene rings is 2. The van der Waals surface area contributed by atoms with Crippen molar-refractivity contribution in [3.63, 3.8) is 0 Å². The lowest BCUT2D eigenvalue weighted by molar-refractivity contribution is -0.123. The van der Waals surface area contributed by atoms with Gasteiger partial charge in [-0.1, -0.05) is 12.1 Å². The number of carbonyl (C=O) groups excluding carboxylic acids is 2. The third kappa shape index (κ3) is 4.42. The van der Waals surface area contributed by atoms with Crippen LogP contribution in [0, 0.1) is 0 Å². The summed E-state index contributed by atoms with van der Waals surface area (Å²) in [5, 5.41) is 11.4. The van der Waals surface area contributed by atoms with Crippen molar-refractivity contribution in [2.24, 2.45) is 0 Å². The van der Waals surface area contributed by atoms with Crippen LogP contribution in [-0.2, 0) is 9.53 Å². The highest BCUT2D eigenvalue weighted by Crippen LogP contribution is 2.16. The molecule has 0 aliphatic carbocycles. The van der Waals surface area contributed by atoms with E-state index < -0.39 is 23.9 Å². The maximum absolute atomic E-state index is 12.2. The zero-order valence-corrected chi connectivity index (χ0v) is 14.9. The average Bonchev–Trinajstić information content (AvgIpc) is 3.23. The van der Waals surface area contributed by atoms with Gasteiger partial charge in [0, 0.05) is 23.6 Å². The van der Waals surface area contributed by atoms with Crippen LogP contribution in [-0.4, -0.2) is 39.0 Å². The van der Waals surface area contributed by atoms with Gasteiger partial charge in [-0.2, -0.15) is 0 Å². The molecule has 0 fully saturated rings. The van der Waals surface area contributed by atoms with Crippen molar-refractivity contribution >= 4 is 23.5 Å². The first kappa shape index (κ1) is 18.8. The number of anilines is 1. The van der Waals surface area contributed by atoms with Gasteiger partial charge in [0.1, 0.15) is 5.82 Å². The van der Waals surface area contributed by atoms with E-state index in [0.717, 1.165) is 5.56 Å². The molecule has 8 heteroatoms. The standard InChI is InChI=1S/C20H17N3O5/c1-12(18(24)23-16-8-6-14(7-9-16)19(25)26)28-20(27)15-4-2-13(3-5-15)17-21-10-11-22-17/h2-12H,1H3,(H,21,22)(H,23,24)(H,25,26). The Morgan fingerprint density at radius 1 is 1.04 bits per heavy atom. The number of carboxylic acids is 1. The zero-order chi connectivity index (χ0) is 20.1. The number of aromatic amines is 1. The van der Waals surface area contributed by atoms with Gasteiger partial charge in [-0.15, -0.1) is 0 Å². The lowest BCUT2D eigenvalue weighted by Crippen LogP contribution is -2.30. The largest absolute Gasteiger partial charge is 0.478 e. The van der Waals surface area contributed by atoms with Gasteiger partial charge >= 0.3 is 11.9 Å². The minimum absolute atomic E-state index is 0.107. The summed E-state index contributed by atoms with van der Waals surface area (Å²) < 4.78 is 5.19. The number of aromatic nitrogens is 2. The molecule has 0 radical (unpaired) electrons. The number of ether oxygens (including phenoxy) is 1. The van der Waals surface area contributed by atoms with Crippen LogP contribution in [0.1, 0.15) is 27.6 Å². The molecule has 3 rings (SSSR count). The molecule has 3 aromatic rings. The van der Waals surface area contributed by atoms with Gasteiger partial charge in [0.2, 0.25) is 0 Å². The summed E-state index contributed by atoms with van der Waals surface area (Å²) in [6, 6.07) is 12.3. The van der Waals surface area contributed by atoms with E-state index in [1.165, 1.54) is 31.2 Å². The molecule has 3 N–H and O–H groups in total. The van der Waals surface area contributed by atoms with E-state index in [2.05, 4.69) is 15.3 Å². The number of imidazole rings is 1. The van der Waals surface area contributed by atoms with Crippen molar-refractivity contribution in [1.82, 2.24) is 9.97 Å². The van der Waals surface area contributed by atoms with Gasteiger partial charge in [0.15, 0.2) is 6.10 Å². The SMILES string of the molecule is CC(OC(=O)c1ccc(-c2ncc[nH]2)cc1)C(=O)Nc1ccc(C(=O)O)cc1. The number of carbonyl (C=O) groups is 3. The molecule has 28 heavy (non-hydrogen) atoms. The quantitative estimate of drug-likeness (QED) is 0.566. The van der Waals surface area contributed by atoms with E-state index in [-0.39, 0.29) is 5.56 Å². The molecule has 0 spiro atoms. The van der Waals surface area contributed by atoms with E-state index in [1.807, 2.05) is 0 Å². The highest BCUT2D eigenvalue weighted by Gasteiger charge is 2.19. The van der Waals surface area contributed by atoms with Gasteiger partial charge in [0.05, 0.1) is 11.1 Å². The summed E-state index contributed by atoms with van der Waals surface area (Å²) in [4.78, 5) is 42.4. The fourth-order valence-corrected chi connectivity index (χ4v) is 2.41. The Balaban J connectivity index is 1.58. The van der Waals surface area contributed by atoms with E-state index in [4.69, 9.17) is 9.84 Å². The highest BCUT2D eigenvalue weighted by molar-refractivity contribution is 5.98. The van der Waals surface area contributed by atoms with Crippen molar-refractivity contribution in [3.05, 3.63) is 72.1 Å². The summed E-state index contributed by atoms with van der Waals surface area (Å²) in [6.07, 6.45) is 2.30. The number of aromatic carboxylic acids is 1. The van der Waals surface area contributed by atoms with Crippen LogP contribution in [0.15, 0.2) is 60.9 Å². The van der Waals surface area contributed by atoms with Crippen molar-refractivity contribution in [2.45, 2.75) is 13.0 Å². The predicted octanol–water partition coefficient (Wildman–Crippen LogP) is 2.96. The van der Waals surface area contributed by atoms with Crippen molar-refractivity contribution < 1.29 is 24.2 Å².